The van der Waals surface area contributed by atoms with Crippen LogP contribution in [0.5, 0.6) is 0 Å². The van der Waals surface area contributed by atoms with Gasteiger partial charge in [0.2, 0.25) is 0 Å². The molecule has 1 aromatic heterocycles. The van der Waals surface area contributed by atoms with Crippen LogP contribution in [0.4, 0.5) is 33.7 Å². The van der Waals surface area contributed by atoms with Crippen LogP contribution in [0.25, 0.3) is 0 Å². The van der Waals surface area contributed by atoms with Crippen LogP contribution >= 0.6 is 0 Å². The molecule has 0 fully saturated rings. The number of amides is 2. The monoisotopic (exact) mass is 285 g/mol. The highest BCUT2D eigenvalue weighted by atomic mass is 19.2. The third-order valence-corrected chi connectivity index (χ3v) is 2.29. The van der Waals surface area contributed by atoms with Crippen molar-refractivity contribution in [1.82, 2.24) is 4.98 Å². The highest BCUT2D eigenvalue weighted by molar-refractivity contribution is 5.99. The minimum atomic E-state index is -1.69. The molecule has 2 amide bonds. The lowest BCUT2D eigenvalue weighted by molar-refractivity contribution is 0.262. The molecule has 0 spiro atoms. The van der Waals surface area contributed by atoms with Gasteiger partial charge in [-0.15, -0.1) is 0 Å². The third-order valence-electron chi connectivity index (χ3n) is 2.29. The maximum Gasteiger partial charge on any atom is 0.323 e. The van der Waals surface area contributed by atoms with Gasteiger partial charge in [-0.1, -0.05) is 0 Å². The molecular weight excluding hydrogens is 278 g/mol. The minimum absolute atomic E-state index is 0.0522. The van der Waals surface area contributed by atoms with Crippen molar-refractivity contribution < 1.29 is 22.4 Å². The molecule has 4 nitrogen and oxygen atoms in total. The molecule has 0 aliphatic rings. The summed E-state index contributed by atoms with van der Waals surface area (Å²) in [4.78, 5) is 15.2. The number of aromatic nitrogens is 1. The zero-order valence-corrected chi connectivity index (χ0v) is 9.75. The Morgan fingerprint density at radius 2 is 1.50 bits per heavy atom. The molecule has 104 valence electrons. The summed E-state index contributed by atoms with van der Waals surface area (Å²) in [7, 11) is 0. The minimum Gasteiger partial charge on any atom is -0.308 e. The maximum atomic E-state index is 13.3. The Balaban J connectivity index is 2.20. The van der Waals surface area contributed by atoms with Gasteiger partial charge in [-0.3, -0.25) is 4.98 Å². The molecule has 1 aromatic carbocycles. The van der Waals surface area contributed by atoms with E-state index in [1.807, 2.05) is 0 Å². The number of rotatable bonds is 2. The molecule has 2 N–H and O–H groups in total. The Morgan fingerprint density at radius 3 is 2.05 bits per heavy atom. The topological polar surface area (TPSA) is 54.0 Å². The van der Waals surface area contributed by atoms with Gasteiger partial charge in [-0.05, 0) is 12.1 Å². The number of hydrogen-bond acceptors (Lipinski definition) is 2. The van der Waals surface area contributed by atoms with Crippen molar-refractivity contribution in [2.24, 2.45) is 0 Å². The van der Waals surface area contributed by atoms with Gasteiger partial charge in [-0.25, -0.2) is 22.4 Å². The Labute approximate surface area is 110 Å². The van der Waals surface area contributed by atoms with Crippen LogP contribution < -0.4 is 10.6 Å². The van der Waals surface area contributed by atoms with Crippen molar-refractivity contribution >= 4 is 17.4 Å². The Bertz CT molecular complexity index is 623. The van der Waals surface area contributed by atoms with Crippen molar-refractivity contribution in [3.63, 3.8) is 0 Å². The lowest BCUT2D eigenvalue weighted by Gasteiger charge is -2.10. The molecule has 8 heteroatoms. The Hall–Kier alpha value is -2.64. The molecule has 1 heterocycles. The van der Waals surface area contributed by atoms with Crippen molar-refractivity contribution in [3.8, 4) is 0 Å². The smallest absolute Gasteiger partial charge is 0.308 e. The van der Waals surface area contributed by atoms with Crippen molar-refractivity contribution in [2.75, 3.05) is 10.6 Å². The van der Waals surface area contributed by atoms with E-state index in [2.05, 4.69) is 10.3 Å². The number of hydrogen-bond donors (Lipinski definition) is 2. The van der Waals surface area contributed by atoms with Gasteiger partial charge >= 0.3 is 6.03 Å². The van der Waals surface area contributed by atoms with Gasteiger partial charge in [0.1, 0.15) is 5.69 Å². The maximum absolute atomic E-state index is 13.3. The van der Waals surface area contributed by atoms with Gasteiger partial charge in [0.05, 0.1) is 0 Å². The number of anilines is 2. The van der Waals surface area contributed by atoms with E-state index >= 15 is 0 Å². The molecule has 0 bridgehead atoms. The van der Waals surface area contributed by atoms with Gasteiger partial charge in [0, 0.05) is 24.1 Å². The van der Waals surface area contributed by atoms with E-state index in [9.17, 15) is 22.4 Å². The van der Waals surface area contributed by atoms with Crippen LogP contribution in [0.2, 0.25) is 0 Å². The van der Waals surface area contributed by atoms with E-state index in [4.69, 9.17) is 0 Å². The van der Waals surface area contributed by atoms with E-state index in [-0.39, 0.29) is 11.8 Å². The largest absolute Gasteiger partial charge is 0.323 e. The van der Waals surface area contributed by atoms with Crippen LogP contribution in [0, 0.1) is 23.3 Å². The quantitative estimate of drug-likeness (QED) is 0.657. The average molecular weight is 285 g/mol. The molecule has 0 aliphatic carbocycles. The number of benzene rings is 1. The highest BCUT2D eigenvalue weighted by Gasteiger charge is 2.20. The normalized spacial score (nSPS) is 10.2. The fourth-order valence-corrected chi connectivity index (χ4v) is 1.39. The van der Waals surface area contributed by atoms with E-state index in [0.717, 1.165) is 0 Å². The molecule has 0 saturated carbocycles. The number of carbonyl (C=O) groups is 1. The summed E-state index contributed by atoms with van der Waals surface area (Å²) in [6, 6.07) is 1.83. The molecule has 20 heavy (non-hydrogen) atoms. The van der Waals surface area contributed by atoms with Crippen LogP contribution in [0.1, 0.15) is 0 Å². The van der Waals surface area contributed by atoms with Crippen molar-refractivity contribution in [1.29, 1.82) is 0 Å². The SMILES string of the molecule is O=C(Nc1ccncc1)Nc1c(F)c(F)cc(F)c1F. The molecule has 0 atom stereocenters. The Kier molecular flexibility index (Phi) is 3.83. The summed E-state index contributed by atoms with van der Waals surface area (Å²) in [6.07, 6.45) is 2.75. The molecular formula is C12H7F4N3O. The number of carbonyl (C=O) groups excluding carboxylic acids is 1. The average Bonchev–Trinajstić information content (AvgIpc) is 2.42. The van der Waals surface area contributed by atoms with E-state index in [1.165, 1.54) is 24.5 Å². The molecule has 0 radical (unpaired) electrons. The summed E-state index contributed by atoms with van der Waals surface area (Å²) in [5, 5.41) is 3.92. The molecule has 0 unspecified atom stereocenters. The summed E-state index contributed by atoms with van der Waals surface area (Å²) in [6.45, 7) is 0. The molecule has 2 rings (SSSR count). The molecule has 2 aromatic rings. The van der Waals surface area contributed by atoms with Crippen molar-refractivity contribution in [3.05, 3.63) is 53.9 Å². The Morgan fingerprint density at radius 1 is 0.950 bits per heavy atom. The van der Waals surface area contributed by atoms with E-state index in [1.54, 1.807) is 5.32 Å². The lowest BCUT2D eigenvalue weighted by atomic mass is 10.2. The summed E-state index contributed by atoms with van der Waals surface area (Å²) in [5.41, 5.74) is -0.913. The fourth-order valence-electron chi connectivity index (χ4n) is 1.39. The number of nitrogens with zero attached hydrogens (tertiary/aromatic N) is 1. The number of nitrogens with one attached hydrogen (secondary N) is 2. The summed E-state index contributed by atoms with van der Waals surface area (Å²) >= 11 is 0. The van der Waals surface area contributed by atoms with Gasteiger partial charge in [0.15, 0.2) is 23.3 Å². The third kappa shape index (κ3) is 2.85. The van der Waals surface area contributed by atoms with Crippen molar-refractivity contribution in [2.45, 2.75) is 0 Å². The van der Waals surface area contributed by atoms with Gasteiger partial charge in [-0.2, -0.15) is 0 Å². The van der Waals surface area contributed by atoms with Gasteiger partial charge in [0.25, 0.3) is 0 Å². The van der Waals surface area contributed by atoms with Crippen LogP contribution in [-0.2, 0) is 0 Å². The second-order valence-electron chi connectivity index (χ2n) is 3.66. The number of urea groups is 1. The highest BCUT2D eigenvalue weighted by Crippen LogP contribution is 2.24. The fraction of sp³-hybridized carbons (Fsp3) is 0. The second kappa shape index (κ2) is 5.55. The zero-order chi connectivity index (χ0) is 14.7. The molecule has 0 saturated heterocycles. The van der Waals surface area contributed by atoms with E-state index < -0.39 is 35.0 Å². The van der Waals surface area contributed by atoms with Crippen LogP contribution in [0.3, 0.4) is 0 Å². The first-order valence-corrected chi connectivity index (χ1v) is 5.30. The standard InChI is InChI=1S/C12H7F4N3O/c13-7-5-8(14)10(16)11(9(7)15)19-12(20)18-6-1-3-17-4-2-6/h1-5H,(H2,17,18,19,20). The van der Waals surface area contributed by atoms with Crippen LogP contribution in [-0.4, -0.2) is 11.0 Å². The lowest BCUT2D eigenvalue weighted by Crippen LogP contribution is -2.21. The first-order chi connectivity index (χ1) is 9.49. The number of pyridine rings is 1. The molecule has 0 aliphatic heterocycles. The second-order valence-corrected chi connectivity index (χ2v) is 3.66. The van der Waals surface area contributed by atoms with E-state index in [0.29, 0.717) is 0 Å². The predicted molar refractivity (Wildman–Crippen MR) is 63.2 cm³/mol. The first kappa shape index (κ1) is 13.8. The summed E-state index contributed by atoms with van der Waals surface area (Å²) in [5.74, 6) is -6.59. The first-order valence-electron chi connectivity index (χ1n) is 5.30. The number of halogens is 4. The predicted octanol–water partition coefficient (Wildman–Crippen LogP) is 3.28. The zero-order valence-electron chi connectivity index (χ0n) is 9.75. The van der Waals surface area contributed by atoms with Crippen LogP contribution in [0.15, 0.2) is 30.6 Å². The summed E-state index contributed by atoms with van der Waals surface area (Å²) < 4.78 is 52.5. The van der Waals surface area contributed by atoms with Gasteiger partial charge < -0.3 is 10.6 Å².